The van der Waals surface area contributed by atoms with Gasteiger partial charge in [0.05, 0.1) is 6.10 Å². The summed E-state index contributed by atoms with van der Waals surface area (Å²) in [5.74, 6) is 0.909. The van der Waals surface area contributed by atoms with Crippen LogP contribution in [0.3, 0.4) is 0 Å². The van der Waals surface area contributed by atoms with E-state index in [0.29, 0.717) is 0 Å². The molecule has 0 aliphatic rings. The fourth-order valence-electron chi connectivity index (χ4n) is 2.91. The molecular formula is C22H24N2OS. The van der Waals surface area contributed by atoms with Crippen LogP contribution >= 0.6 is 11.9 Å². The summed E-state index contributed by atoms with van der Waals surface area (Å²) < 4.78 is 6.05. The lowest BCUT2D eigenvalue weighted by Gasteiger charge is -2.15. The van der Waals surface area contributed by atoms with Gasteiger partial charge in [0.2, 0.25) is 0 Å². The maximum absolute atomic E-state index is 6.05. The summed E-state index contributed by atoms with van der Waals surface area (Å²) in [5.41, 5.74) is 3.61. The van der Waals surface area contributed by atoms with Crippen LogP contribution in [0.15, 0.2) is 78.0 Å². The van der Waals surface area contributed by atoms with Crippen LogP contribution in [0.2, 0.25) is 0 Å². The average Bonchev–Trinajstić information content (AvgIpc) is 2.69. The maximum Gasteiger partial charge on any atom is 0.119 e. The molecule has 3 nitrogen and oxygen atoms in total. The Morgan fingerprint density at radius 1 is 1.04 bits per heavy atom. The number of ether oxygens (including phenoxy) is 1. The average molecular weight is 365 g/mol. The first kappa shape index (κ1) is 18.5. The molecule has 134 valence electrons. The number of pyridine rings is 1. The first-order valence-electron chi connectivity index (χ1n) is 8.87. The van der Waals surface area contributed by atoms with E-state index in [4.69, 9.17) is 9.88 Å². The first-order chi connectivity index (χ1) is 12.7. The summed E-state index contributed by atoms with van der Waals surface area (Å²) in [6.07, 6.45) is 7.08. The van der Waals surface area contributed by atoms with Crippen LogP contribution in [0.4, 0.5) is 0 Å². The van der Waals surface area contributed by atoms with Crippen molar-refractivity contribution >= 4 is 11.9 Å². The molecule has 0 spiro atoms. The monoisotopic (exact) mass is 364 g/mol. The topological polar surface area (TPSA) is 48.1 Å². The summed E-state index contributed by atoms with van der Waals surface area (Å²) >= 11 is 1.27. The van der Waals surface area contributed by atoms with Crippen molar-refractivity contribution in [2.24, 2.45) is 5.14 Å². The van der Waals surface area contributed by atoms with Gasteiger partial charge in [0.15, 0.2) is 0 Å². The molecule has 2 aromatic carbocycles. The van der Waals surface area contributed by atoms with Crippen molar-refractivity contribution in [2.75, 3.05) is 0 Å². The number of rotatable bonds is 8. The van der Waals surface area contributed by atoms with Crippen molar-refractivity contribution in [3.8, 4) is 16.9 Å². The van der Waals surface area contributed by atoms with Crippen molar-refractivity contribution < 1.29 is 4.74 Å². The summed E-state index contributed by atoms with van der Waals surface area (Å²) in [5, 5.41) is 5.65. The molecule has 0 aliphatic carbocycles. The Morgan fingerprint density at radius 2 is 1.88 bits per heavy atom. The van der Waals surface area contributed by atoms with Gasteiger partial charge in [-0.3, -0.25) is 10.1 Å². The molecular weight excluding hydrogens is 340 g/mol. The zero-order valence-electron chi connectivity index (χ0n) is 15.0. The van der Waals surface area contributed by atoms with Gasteiger partial charge < -0.3 is 4.74 Å². The molecule has 26 heavy (non-hydrogen) atoms. The predicted molar refractivity (Wildman–Crippen MR) is 109 cm³/mol. The molecule has 1 unspecified atom stereocenters. The molecule has 3 rings (SSSR count). The maximum atomic E-state index is 6.05. The third-order valence-electron chi connectivity index (χ3n) is 4.29. The van der Waals surface area contributed by atoms with Crippen LogP contribution in [-0.2, 0) is 6.42 Å². The molecule has 0 amide bonds. The SMILES string of the molecule is CC(CCCc1cccnc1)Oc1ccc(-c2cccc(SN)c2)cc1. The third-order valence-corrected chi connectivity index (χ3v) is 4.82. The number of aryl methyl sites for hydroxylation is 1. The second kappa shape index (κ2) is 9.41. The van der Waals surface area contributed by atoms with Crippen molar-refractivity contribution in [1.82, 2.24) is 4.98 Å². The van der Waals surface area contributed by atoms with E-state index in [9.17, 15) is 0 Å². The van der Waals surface area contributed by atoms with Crippen LogP contribution in [-0.4, -0.2) is 11.1 Å². The van der Waals surface area contributed by atoms with Gasteiger partial charge in [0.25, 0.3) is 0 Å². The minimum atomic E-state index is 0.189. The molecule has 0 saturated carbocycles. The highest BCUT2D eigenvalue weighted by Crippen LogP contribution is 2.26. The Hall–Kier alpha value is -2.30. The van der Waals surface area contributed by atoms with E-state index in [2.05, 4.69) is 42.2 Å². The molecule has 0 aliphatic heterocycles. The highest BCUT2D eigenvalue weighted by atomic mass is 32.2. The molecule has 0 fully saturated rings. The Morgan fingerprint density at radius 3 is 2.62 bits per heavy atom. The van der Waals surface area contributed by atoms with E-state index >= 15 is 0 Å². The minimum Gasteiger partial charge on any atom is -0.491 e. The molecule has 1 heterocycles. The van der Waals surface area contributed by atoms with E-state index < -0.39 is 0 Å². The first-order valence-corrected chi connectivity index (χ1v) is 9.75. The highest BCUT2D eigenvalue weighted by molar-refractivity contribution is 7.97. The van der Waals surface area contributed by atoms with Crippen molar-refractivity contribution in [3.63, 3.8) is 0 Å². The number of benzene rings is 2. The molecule has 1 aromatic heterocycles. The Kier molecular flexibility index (Phi) is 6.69. The minimum absolute atomic E-state index is 0.189. The fraction of sp³-hybridized carbons (Fsp3) is 0.227. The van der Waals surface area contributed by atoms with Crippen LogP contribution in [0.1, 0.15) is 25.3 Å². The Bertz CT molecular complexity index is 806. The van der Waals surface area contributed by atoms with Crippen LogP contribution in [0.25, 0.3) is 11.1 Å². The van der Waals surface area contributed by atoms with Crippen LogP contribution in [0.5, 0.6) is 5.75 Å². The van der Waals surface area contributed by atoms with Gasteiger partial charge in [-0.1, -0.05) is 30.3 Å². The Labute approximate surface area is 159 Å². The summed E-state index contributed by atoms with van der Waals surface area (Å²) in [7, 11) is 0. The molecule has 0 saturated heterocycles. The van der Waals surface area contributed by atoms with E-state index in [1.165, 1.54) is 17.5 Å². The van der Waals surface area contributed by atoms with Crippen molar-refractivity contribution in [1.29, 1.82) is 0 Å². The molecule has 4 heteroatoms. The van der Waals surface area contributed by atoms with E-state index in [1.54, 1.807) is 0 Å². The lowest BCUT2D eigenvalue weighted by atomic mass is 10.1. The van der Waals surface area contributed by atoms with Gasteiger partial charge in [0, 0.05) is 17.3 Å². The number of hydrogen-bond acceptors (Lipinski definition) is 4. The van der Waals surface area contributed by atoms with Crippen molar-refractivity contribution in [3.05, 3.63) is 78.6 Å². The fourth-order valence-corrected chi connectivity index (χ4v) is 3.26. The van der Waals surface area contributed by atoms with E-state index in [0.717, 1.165) is 41.0 Å². The predicted octanol–water partition coefficient (Wildman–Crippen LogP) is 5.50. The van der Waals surface area contributed by atoms with Crippen LogP contribution < -0.4 is 9.88 Å². The van der Waals surface area contributed by atoms with Crippen molar-refractivity contribution in [2.45, 2.75) is 37.2 Å². The standard InChI is InChI=1S/C22H24N2OS/c1-17(5-2-6-18-7-4-14-24-16-18)25-21-12-10-19(11-13-21)20-8-3-9-22(15-20)26-23/h3-4,7-17H,2,5-6,23H2,1H3. The smallest absolute Gasteiger partial charge is 0.119 e. The largest absolute Gasteiger partial charge is 0.491 e. The zero-order chi connectivity index (χ0) is 18.2. The van der Waals surface area contributed by atoms with Gasteiger partial charge in [-0.25, -0.2) is 0 Å². The number of hydrogen-bond donors (Lipinski definition) is 1. The molecule has 0 radical (unpaired) electrons. The number of nitrogens with zero attached hydrogens (tertiary/aromatic N) is 1. The lowest BCUT2D eigenvalue weighted by Crippen LogP contribution is -2.11. The molecule has 0 bridgehead atoms. The normalized spacial score (nSPS) is 11.9. The van der Waals surface area contributed by atoms with Gasteiger partial charge >= 0.3 is 0 Å². The van der Waals surface area contributed by atoms with Crippen LogP contribution in [0, 0.1) is 0 Å². The second-order valence-electron chi connectivity index (χ2n) is 6.35. The van der Waals surface area contributed by atoms with E-state index in [-0.39, 0.29) is 6.10 Å². The molecule has 3 aromatic rings. The highest BCUT2D eigenvalue weighted by Gasteiger charge is 2.06. The zero-order valence-corrected chi connectivity index (χ0v) is 15.8. The third kappa shape index (κ3) is 5.35. The summed E-state index contributed by atoms with van der Waals surface area (Å²) in [6.45, 7) is 2.12. The number of aromatic nitrogens is 1. The Balaban J connectivity index is 1.51. The van der Waals surface area contributed by atoms with E-state index in [1.807, 2.05) is 42.7 Å². The van der Waals surface area contributed by atoms with Gasteiger partial charge in [-0.05, 0) is 85.2 Å². The number of nitrogens with two attached hydrogens (primary N) is 1. The second-order valence-corrected chi connectivity index (χ2v) is 7.06. The summed E-state index contributed by atoms with van der Waals surface area (Å²) in [4.78, 5) is 5.21. The van der Waals surface area contributed by atoms with Gasteiger partial charge in [-0.15, -0.1) is 0 Å². The lowest BCUT2D eigenvalue weighted by molar-refractivity contribution is 0.208. The molecule has 2 N–H and O–H groups in total. The van der Waals surface area contributed by atoms with Gasteiger partial charge in [-0.2, -0.15) is 0 Å². The van der Waals surface area contributed by atoms with Gasteiger partial charge in [0.1, 0.15) is 5.75 Å². The quantitative estimate of drug-likeness (QED) is 0.536. The molecule has 1 atom stereocenters. The summed E-state index contributed by atoms with van der Waals surface area (Å²) in [6, 6.07) is 20.6.